The minimum atomic E-state index is -0.289. The van der Waals surface area contributed by atoms with E-state index < -0.39 is 0 Å². The highest BCUT2D eigenvalue weighted by molar-refractivity contribution is 6.30. The lowest BCUT2D eigenvalue weighted by molar-refractivity contribution is 0.0756. The lowest BCUT2D eigenvalue weighted by Crippen LogP contribution is -2.32. The number of rotatable bonds is 7. The topological polar surface area (TPSA) is 29.5 Å². The Morgan fingerprint density at radius 3 is 2.39 bits per heavy atom. The second-order valence-electron chi connectivity index (χ2n) is 5.05. The van der Waals surface area contributed by atoms with Gasteiger partial charge in [-0.3, -0.25) is 4.79 Å². The van der Waals surface area contributed by atoms with E-state index in [1.54, 1.807) is 41.3 Å². The molecule has 0 unspecified atom stereocenters. The Labute approximate surface area is 140 Å². The summed E-state index contributed by atoms with van der Waals surface area (Å²) < 4.78 is 18.3. The Hall–Kier alpha value is -2.07. The molecule has 0 aliphatic heterocycles. The van der Waals surface area contributed by atoms with Crippen molar-refractivity contribution in [3.63, 3.8) is 0 Å². The fourth-order valence-electron chi connectivity index (χ4n) is 2.15. The van der Waals surface area contributed by atoms with Crippen LogP contribution < -0.4 is 4.74 Å². The largest absolute Gasteiger partial charge is 0.494 e. The minimum Gasteiger partial charge on any atom is -0.494 e. The molecule has 0 N–H and O–H groups in total. The number of nitrogens with zero attached hydrogens (tertiary/aromatic N) is 1. The van der Waals surface area contributed by atoms with Crippen molar-refractivity contribution in [3.8, 4) is 5.75 Å². The van der Waals surface area contributed by atoms with E-state index in [2.05, 4.69) is 0 Å². The van der Waals surface area contributed by atoms with Gasteiger partial charge in [0.1, 0.15) is 11.6 Å². The Bertz CT molecular complexity index is 628. The number of hydrogen-bond donors (Lipinski definition) is 0. The highest BCUT2D eigenvalue weighted by Gasteiger charge is 2.13. The van der Waals surface area contributed by atoms with Gasteiger partial charge in [0.15, 0.2) is 0 Å². The summed E-state index contributed by atoms with van der Waals surface area (Å²) in [4.78, 5) is 14.2. The molecule has 0 aliphatic rings. The molecule has 0 fully saturated rings. The number of amides is 1. The highest BCUT2D eigenvalue weighted by Crippen LogP contribution is 2.13. The number of ether oxygens (including phenoxy) is 1. The number of hydrogen-bond acceptors (Lipinski definition) is 2. The number of carbonyl (C=O) groups excluding carboxylic acids is 1. The van der Waals surface area contributed by atoms with Gasteiger partial charge in [-0.25, -0.2) is 4.39 Å². The summed E-state index contributed by atoms with van der Waals surface area (Å²) in [5.74, 6) is 0.312. The monoisotopic (exact) mass is 335 g/mol. The quantitative estimate of drug-likeness (QED) is 0.701. The second kappa shape index (κ2) is 8.53. The molecular weight excluding hydrogens is 317 g/mol. The van der Waals surface area contributed by atoms with Crippen LogP contribution in [-0.2, 0) is 0 Å². The highest BCUT2D eigenvalue weighted by atomic mass is 35.5. The lowest BCUT2D eigenvalue weighted by atomic mass is 10.2. The normalized spacial score (nSPS) is 10.4. The molecule has 3 nitrogen and oxygen atoms in total. The van der Waals surface area contributed by atoms with Gasteiger partial charge in [0.05, 0.1) is 6.61 Å². The molecule has 0 spiro atoms. The van der Waals surface area contributed by atoms with Crippen molar-refractivity contribution >= 4 is 17.5 Å². The summed E-state index contributed by atoms with van der Waals surface area (Å²) in [6.07, 6.45) is 0.699. The molecule has 2 aromatic rings. The Morgan fingerprint density at radius 1 is 1.13 bits per heavy atom. The van der Waals surface area contributed by atoms with Crippen molar-refractivity contribution in [2.75, 3.05) is 19.7 Å². The van der Waals surface area contributed by atoms with Crippen molar-refractivity contribution in [2.24, 2.45) is 0 Å². The SMILES string of the molecule is CCN(CCCOc1ccc(F)cc1)C(=O)c1ccc(Cl)cc1. The molecule has 2 rings (SSSR count). The fraction of sp³-hybridized carbons (Fsp3) is 0.278. The number of benzene rings is 2. The third-order valence-electron chi connectivity index (χ3n) is 3.41. The van der Waals surface area contributed by atoms with Crippen molar-refractivity contribution in [1.29, 1.82) is 0 Å². The first-order valence-corrected chi connectivity index (χ1v) is 7.91. The third kappa shape index (κ3) is 5.25. The van der Waals surface area contributed by atoms with Crippen molar-refractivity contribution < 1.29 is 13.9 Å². The summed E-state index contributed by atoms with van der Waals surface area (Å²) in [6.45, 7) is 3.63. The zero-order chi connectivity index (χ0) is 16.7. The predicted molar refractivity (Wildman–Crippen MR) is 89.5 cm³/mol. The average molecular weight is 336 g/mol. The first-order chi connectivity index (χ1) is 11.1. The maximum absolute atomic E-state index is 12.8. The Balaban J connectivity index is 1.81. The van der Waals surface area contributed by atoms with Crippen LogP contribution in [0.5, 0.6) is 5.75 Å². The standard InChI is InChI=1S/C18H19ClFNO2/c1-2-21(18(22)14-4-6-15(19)7-5-14)12-3-13-23-17-10-8-16(20)9-11-17/h4-11H,2-3,12-13H2,1H3. The molecule has 0 aliphatic carbocycles. The molecule has 0 saturated heterocycles. The van der Waals surface area contributed by atoms with E-state index in [0.717, 1.165) is 0 Å². The van der Waals surface area contributed by atoms with E-state index in [1.165, 1.54) is 12.1 Å². The van der Waals surface area contributed by atoms with Crippen LogP contribution in [0.1, 0.15) is 23.7 Å². The Morgan fingerprint density at radius 2 is 1.78 bits per heavy atom. The van der Waals surface area contributed by atoms with Gasteiger partial charge in [0, 0.05) is 23.7 Å². The summed E-state index contributed by atoms with van der Waals surface area (Å²) in [6, 6.07) is 12.8. The van der Waals surface area contributed by atoms with Gasteiger partial charge in [-0.2, -0.15) is 0 Å². The van der Waals surface area contributed by atoms with Crippen LogP contribution in [0.2, 0.25) is 5.02 Å². The van der Waals surface area contributed by atoms with Crippen molar-refractivity contribution in [3.05, 3.63) is 64.9 Å². The van der Waals surface area contributed by atoms with Gasteiger partial charge in [0.25, 0.3) is 5.91 Å². The number of carbonyl (C=O) groups is 1. The molecule has 0 heterocycles. The lowest BCUT2D eigenvalue weighted by Gasteiger charge is -2.21. The maximum atomic E-state index is 12.8. The van der Waals surface area contributed by atoms with Crippen LogP contribution >= 0.6 is 11.6 Å². The molecule has 122 valence electrons. The number of halogens is 2. The van der Waals surface area contributed by atoms with E-state index in [-0.39, 0.29) is 11.7 Å². The third-order valence-corrected chi connectivity index (χ3v) is 3.67. The van der Waals surface area contributed by atoms with Crippen LogP contribution in [0.3, 0.4) is 0 Å². The smallest absolute Gasteiger partial charge is 0.253 e. The van der Waals surface area contributed by atoms with E-state index in [0.29, 0.717) is 42.5 Å². The molecule has 0 radical (unpaired) electrons. The van der Waals surface area contributed by atoms with Crippen LogP contribution in [0.4, 0.5) is 4.39 Å². The molecule has 1 amide bonds. The van der Waals surface area contributed by atoms with Gasteiger partial charge < -0.3 is 9.64 Å². The van der Waals surface area contributed by atoms with E-state index >= 15 is 0 Å². The summed E-state index contributed by atoms with van der Waals surface area (Å²) in [7, 11) is 0. The molecule has 0 saturated carbocycles. The molecular formula is C18H19ClFNO2. The van der Waals surface area contributed by atoms with E-state index in [9.17, 15) is 9.18 Å². The molecule has 0 atom stereocenters. The van der Waals surface area contributed by atoms with Gasteiger partial charge in [-0.15, -0.1) is 0 Å². The maximum Gasteiger partial charge on any atom is 0.253 e. The predicted octanol–water partition coefficient (Wildman–Crippen LogP) is 4.41. The van der Waals surface area contributed by atoms with Gasteiger partial charge in [-0.05, 0) is 61.9 Å². The second-order valence-corrected chi connectivity index (χ2v) is 5.48. The van der Waals surface area contributed by atoms with Crippen LogP contribution in [-0.4, -0.2) is 30.5 Å². The fourth-order valence-corrected chi connectivity index (χ4v) is 2.28. The van der Waals surface area contributed by atoms with Gasteiger partial charge >= 0.3 is 0 Å². The van der Waals surface area contributed by atoms with Gasteiger partial charge in [0.2, 0.25) is 0 Å². The van der Waals surface area contributed by atoms with E-state index in [4.69, 9.17) is 16.3 Å². The zero-order valence-electron chi connectivity index (χ0n) is 13.0. The summed E-state index contributed by atoms with van der Waals surface area (Å²) in [5.41, 5.74) is 0.621. The zero-order valence-corrected chi connectivity index (χ0v) is 13.7. The Kier molecular flexibility index (Phi) is 6.41. The van der Waals surface area contributed by atoms with Crippen molar-refractivity contribution in [1.82, 2.24) is 4.90 Å². The van der Waals surface area contributed by atoms with Crippen LogP contribution in [0.15, 0.2) is 48.5 Å². The van der Waals surface area contributed by atoms with Gasteiger partial charge in [-0.1, -0.05) is 11.6 Å². The minimum absolute atomic E-state index is 0.0223. The first kappa shape index (κ1) is 17.3. The summed E-state index contributed by atoms with van der Waals surface area (Å²) >= 11 is 5.84. The van der Waals surface area contributed by atoms with Crippen molar-refractivity contribution in [2.45, 2.75) is 13.3 Å². The van der Waals surface area contributed by atoms with Crippen LogP contribution in [0, 0.1) is 5.82 Å². The summed E-state index contributed by atoms with van der Waals surface area (Å²) in [5, 5.41) is 0.609. The van der Waals surface area contributed by atoms with Crippen LogP contribution in [0.25, 0.3) is 0 Å². The molecule has 2 aromatic carbocycles. The average Bonchev–Trinajstić information content (AvgIpc) is 2.57. The molecule has 0 bridgehead atoms. The molecule has 5 heteroatoms. The molecule has 0 aromatic heterocycles. The molecule has 23 heavy (non-hydrogen) atoms. The first-order valence-electron chi connectivity index (χ1n) is 7.53. The van der Waals surface area contributed by atoms with E-state index in [1.807, 2.05) is 6.92 Å².